The van der Waals surface area contributed by atoms with Crippen molar-refractivity contribution in [2.24, 2.45) is 5.92 Å². The lowest BCUT2D eigenvalue weighted by Crippen LogP contribution is -2.16. The molecule has 0 aromatic heterocycles. The minimum absolute atomic E-state index is 0.398. The maximum Gasteiger partial charge on any atom is 0.337 e. The summed E-state index contributed by atoms with van der Waals surface area (Å²) in [5.41, 5.74) is 2.39. The molecule has 0 spiro atoms. The zero-order chi connectivity index (χ0) is 15.1. The topological polar surface area (TPSA) is 40.5 Å². The number of aromatic carboxylic acids is 1. The first-order valence-electron chi connectivity index (χ1n) is 7.46. The van der Waals surface area contributed by atoms with Crippen LogP contribution in [0, 0.1) is 5.92 Å². The Labute approximate surface area is 122 Å². The van der Waals surface area contributed by atoms with E-state index >= 15 is 0 Å². The first-order valence-corrected chi connectivity index (χ1v) is 7.46. The van der Waals surface area contributed by atoms with Crippen LogP contribution in [0.5, 0.6) is 0 Å². The number of carboxylic acid groups (broad SMARTS) is 1. The fraction of sp³-hybridized carbons (Fsp3) is 0.588. The second-order valence-corrected chi connectivity index (χ2v) is 6.01. The lowest BCUT2D eigenvalue weighted by Gasteiger charge is -2.20. The largest absolute Gasteiger partial charge is 0.478 e. The van der Waals surface area contributed by atoms with Gasteiger partial charge in [0, 0.05) is 14.1 Å². The molecule has 0 aliphatic carbocycles. The van der Waals surface area contributed by atoms with Crippen molar-refractivity contribution in [3.63, 3.8) is 0 Å². The van der Waals surface area contributed by atoms with Gasteiger partial charge in [0.05, 0.1) is 11.3 Å². The van der Waals surface area contributed by atoms with Gasteiger partial charge in [-0.3, -0.25) is 0 Å². The number of para-hydroxylation sites is 1. The van der Waals surface area contributed by atoms with E-state index in [4.69, 9.17) is 0 Å². The number of carbonyl (C=O) groups is 1. The molecule has 1 rings (SSSR count). The van der Waals surface area contributed by atoms with Crippen LogP contribution in [0.15, 0.2) is 18.2 Å². The van der Waals surface area contributed by atoms with Crippen LogP contribution in [-0.4, -0.2) is 25.2 Å². The summed E-state index contributed by atoms with van der Waals surface area (Å²) in [5.74, 6) is -0.0852. The van der Waals surface area contributed by atoms with Crippen molar-refractivity contribution in [2.75, 3.05) is 19.0 Å². The molecule has 0 fully saturated rings. The number of nitrogens with zero attached hydrogens (tertiary/aromatic N) is 1. The summed E-state index contributed by atoms with van der Waals surface area (Å²) in [5, 5.41) is 9.28. The van der Waals surface area contributed by atoms with E-state index in [2.05, 4.69) is 13.8 Å². The number of benzene rings is 1. The highest BCUT2D eigenvalue weighted by atomic mass is 16.4. The molecule has 0 amide bonds. The first-order chi connectivity index (χ1) is 9.43. The fourth-order valence-corrected chi connectivity index (χ4v) is 2.54. The maximum absolute atomic E-state index is 11.3. The van der Waals surface area contributed by atoms with Gasteiger partial charge in [0.25, 0.3) is 0 Å². The Morgan fingerprint density at radius 2 is 1.90 bits per heavy atom. The third kappa shape index (κ3) is 4.87. The number of anilines is 1. The van der Waals surface area contributed by atoms with Crippen LogP contribution in [-0.2, 0) is 6.42 Å². The summed E-state index contributed by atoms with van der Waals surface area (Å²) in [7, 11) is 3.81. The molecular weight excluding hydrogens is 250 g/mol. The van der Waals surface area contributed by atoms with Gasteiger partial charge in [0.2, 0.25) is 0 Å². The Morgan fingerprint density at radius 1 is 1.20 bits per heavy atom. The molecule has 112 valence electrons. The number of carboxylic acids is 1. The van der Waals surface area contributed by atoms with E-state index in [1.807, 2.05) is 31.1 Å². The summed E-state index contributed by atoms with van der Waals surface area (Å²) in [6, 6.07) is 5.57. The molecule has 0 unspecified atom stereocenters. The molecule has 0 saturated carbocycles. The number of hydrogen-bond donors (Lipinski definition) is 1. The van der Waals surface area contributed by atoms with Gasteiger partial charge in [-0.2, -0.15) is 0 Å². The smallest absolute Gasteiger partial charge is 0.337 e. The van der Waals surface area contributed by atoms with Gasteiger partial charge in [-0.1, -0.05) is 45.2 Å². The normalized spacial score (nSPS) is 10.8. The molecule has 3 heteroatoms. The molecule has 1 aromatic carbocycles. The second-order valence-electron chi connectivity index (χ2n) is 6.01. The van der Waals surface area contributed by atoms with Gasteiger partial charge in [0.15, 0.2) is 0 Å². The van der Waals surface area contributed by atoms with E-state index in [0.29, 0.717) is 5.56 Å². The lowest BCUT2D eigenvalue weighted by molar-refractivity contribution is 0.0697. The zero-order valence-corrected chi connectivity index (χ0v) is 13.1. The van der Waals surface area contributed by atoms with Gasteiger partial charge in [-0.15, -0.1) is 0 Å². The number of rotatable bonds is 8. The molecule has 20 heavy (non-hydrogen) atoms. The zero-order valence-electron chi connectivity index (χ0n) is 13.1. The van der Waals surface area contributed by atoms with Crippen LogP contribution >= 0.6 is 0 Å². The van der Waals surface area contributed by atoms with Crippen molar-refractivity contribution in [2.45, 2.75) is 46.0 Å². The van der Waals surface area contributed by atoms with Crippen LogP contribution in [0.2, 0.25) is 0 Å². The maximum atomic E-state index is 11.3. The monoisotopic (exact) mass is 277 g/mol. The van der Waals surface area contributed by atoms with E-state index in [0.717, 1.165) is 30.0 Å². The molecule has 0 aliphatic rings. The first kappa shape index (κ1) is 16.5. The van der Waals surface area contributed by atoms with E-state index in [1.165, 1.54) is 19.3 Å². The Balaban J connectivity index is 2.70. The van der Waals surface area contributed by atoms with Crippen LogP contribution in [0.4, 0.5) is 5.69 Å². The highest BCUT2D eigenvalue weighted by molar-refractivity contribution is 5.95. The highest BCUT2D eigenvalue weighted by Gasteiger charge is 2.15. The summed E-state index contributed by atoms with van der Waals surface area (Å²) in [4.78, 5) is 13.2. The number of unbranched alkanes of at least 4 members (excludes halogenated alkanes) is 2. The van der Waals surface area contributed by atoms with Crippen molar-refractivity contribution < 1.29 is 9.90 Å². The molecule has 0 radical (unpaired) electrons. The minimum Gasteiger partial charge on any atom is -0.478 e. The van der Waals surface area contributed by atoms with Crippen LogP contribution in [0.3, 0.4) is 0 Å². The van der Waals surface area contributed by atoms with Gasteiger partial charge in [0.1, 0.15) is 0 Å². The van der Waals surface area contributed by atoms with E-state index < -0.39 is 5.97 Å². The molecule has 0 heterocycles. The van der Waals surface area contributed by atoms with Gasteiger partial charge in [-0.25, -0.2) is 4.79 Å². The van der Waals surface area contributed by atoms with Gasteiger partial charge >= 0.3 is 5.97 Å². The average molecular weight is 277 g/mol. The predicted molar refractivity (Wildman–Crippen MR) is 84.7 cm³/mol. The molecule has 0 atom stereocenters. The Kier molecular flexibility index (Phi) is 6.56. The van der Waals surface area contributed by atoms with Crippen LogP contribution in [0.1, 0.15) is 55.5 Å². The van der Waals surface area contributed by atoms with Crippen molar-refractivity contribution in [1.82, 2.24) is 0 Å². The Morgan fingerprint density at radius 3 is 2.45 bits per heavy atom. The third-order valence-corrected chi connectivity index (χ3v) is 3.52. The minimum atomic E-state index is -0.852. The third-order valence-electron chi connectivity index (χ3n) is 3.52. The SMILES string of the molecule is CC(C)CCCCCc1cccc(C(=O)O)c1N(C)C. The average Bonchev–Trinajstić information content (AvgIpc) is 2.37. The lowest BCUT2D eigenvalue weighted by atomic mass is 9.99. The number of aryl methyl sites for hydroxylation is 1. The molecule has 3 nitrogen and oxygen atoms in total. The van der Waals surface area contributed by atoms with E-state index in [1.54, 1.807) is 6.07 Å². The molecule has 0 aliphatic heterocycles. The van der Waals surface area contributed by atoms with E-state index in [-0.39, 0.29) is 0 Å². The van der Waals surface area contributed by atoms with Crippen LogP contribution < -0.4 is 4.90 Å². The number of hydrogen-bond acceptors (Lipinski definition) is 2. The molecule has 0 bridgehead atoms. The van der Waals surface area contributed by atoms with Gasteiger partial charge in [-0.05, 0) is 30.4 Å². The molecule has 0 saturated heterocycles. The standard InChI is InChI=1S/C17H27NO2/c1-13(2)9-6-5-7-10-14-11-8-12-15(17(19)20)16(14)18(3)4/h8,11-13H,5-7,9-10H2,1-4H3,(H,19,20). The van der Waals surface area contributed by atoms with Gasteiger partial charge < -0.3 is 10.0 Å². The van der Waals surface area contributed by atoms with Crippen molar-refractivity contribution >= 4 is 11.7 Å². The molecule has 1 N–H and O–H groups in total. The summed E-state index contributed by atoms with van der Waals surface area (Å²) in [6.45, 7) is 4.50. The second kappa shape index (κ2) is 7.93. The highest BCUT2D eigenvalue weighted by Crippen LogP contribution is 2.26. The Hall–Kier alpha value is -1.51. The van der Waals surface area contributed by atoms with Crippen molar-refractivity contribution in [1.29, 1.82) is 0 Å². The summed E-state index contributed by atoms with van der Waals surface area (Å²) < 4.78 is 0. The van der Waals surface area contributed by atoms with Crippen molar-refractivity contribution in [3.8, 4) is 0 Å². The van der Waals surface area contributed by atoms with E-state index in [9.17, 15) is 9.90 Å². The molecular formula is C17H27NO2. The fourth-order valence-electron chi connectivity index (χ4n) is 2.54. The van der Waals surface area contributed by atoms with Crippen LogP contribution in [0.25, 0.3) is 0 Å². The predicted octanol–water partition coefficient (Wildman–Crippen LogP) is 4.21. The molecule has 1 aromatic rings. The summed E-state index contributed by atoms with van der Waals surface area (Å²) >= 11 is 0. The van der Waals surface area contributed by atoms with Crippen molar-refractivity contribution in [3.05, 3.63) is 29.3 Å². The summed E-state index contributed by atoms with van der Waals surface area (Å²) in [6.07, 6.45) is 5.81. The quantitative estimate of drug-likeness (QED) is 0.724. The Bertz CT molecular complexity index is 439.